The normalized spacial score (nSPS) is 11.0. The topological polar surface area (TPSA) is 26.3 Å². The molecule has 0 fully saturated rings. The second-order valence-corrected chi connectivity index (χ2v) is 6.41. The monoisotopic (exact) mass is 330 g/mol. The molecule has 0 saturated carbocycles. The Morgan fingerprint density at radius 2 is 1.42 bits per heavy atom. The average Bonchev–Trinajstić information content (AvgIpc) is 2.60. The Bertz CT molecular complexity index is 437. The lowest BCUT2D eigenvalue weighted by Gasteiger charge is -2.02. The van der Waals surface area contributed by atoms with Crippen LogP contribution in [0.1, 0.15) is 84.0 Å². The van der Waals surface area contributed by atoms with E-state index in [1.165, 1.54) is 57.8 Å². The molecule has 134 valence electrons. The van der Waals surface area contributed by atoms with Crippen LogP contribution in [0.25, 0.3) is 0 Å². The number of carbonyl (C=O) groups is 1. The van der Waals surface area contributed by atoms with E-state index in [4.69, 9.17) is 4.74 Å². The van der Waals surface area contributed by atoms with Crippen LogP contribution in [0.3, 0.4) is 0 Å². The van der Waals surface area contributed by atoms with Gasteiger partial charge in [-0.15, -0.1) is 0 Å². The van der Waals surface area contributed by atoms with Crippen molar-refractivity contribution in [2.24, 2.45) is 0 Å². The van der Waals surface area contributed by atoms with Gasteiger partial charge in [0, 0.05) is 6.42 Å². The molecule has 0 amide bonds. The Kier molecular flexibility index (Phi) is 12.8. The zero-order valence-corrected chi connectivity index (χ0v) is 15.3. The van der Waals surface area contributed by atoms with Gasteiger partial charge in [-0.2, -0.15) is 0 Å². The van der Waals surface area contributed by atoms with E-state index in [1.807, 2.05) is 18.2 Å². The van der Waals surface area contributed by atoms with Gasteiger partial charge in [0.05, 0.1) is 0 Å². The quantitative estimate of drug-likeness (QED) is 0.161. The van der Waals surface area contributed by atoms with Crippen LogP contribution in [0.4, 0.5) is 0 Å². The van der Waals surface area contributed by atoms with E-state index in [2.05, 4.69) is 19.1 Å². The van der Waals surface area contributed by atoms with E-state index in [9.17, 15) is 4.79 Å². The lowest BCUT2D eigenvalue weighted by atomic mass is 10.1. The molecule has 1 aromatic carbocycles. The lowest BCUT2D eigenvalue weighted by Crippen LogP contribution is -2.06. The smallest absolute Gasteiger partial charge is 0.311 e. The van der Waals surface area contributed by atoms with Crippen molar-refractivity contribution in [1.29, 1.82) is 0 Å². The fourth-order valence-corrected chi connectivity index (χ4v) is 2.68. The summed E-state index contributed by atoms with van der Waals surface area (Å²) >= 11 is 0. The summed E-state index contributed by atoms with van der Waals surface area (Å²) in [6.45, 7) is 2.26. The molecule has 0 saturated heterocycles. The number of benzene rings is 1. The van der Waals surface area contributed by atoms with Gasteiger partial charge in [-0.25, -0.2) is 0 Å². The lowest BCUT2D eigenvalue weighted by molar-refractivity contribution is -0.134. The van der Waals surface area contributed by atoms with Crippen LogP contribution in [-0.4, -0.2) is 5.97 Å². The molecule has 1 rings (SSSR count). The number of rotatable bonds is 14. The molecule has 0 aliphatic carbocycles. The fourth-order valence-electron chi connectivity index (χ4n) is 2.68. The van der Waals surface area contributed by atoms with E-state index < -0.39 is 0 Å². The number of hydrogen-bond donors (Lipinski definition) is 0. The van der Waals surface area contributed by atoms with Gasteiger partial charge in [0.2, 0.25) is 0 Å². The minimum Gasteiger partial charge on any atom is -0.427 e. The number of unbranched alkanes of at least 4 members (excludes halogenated alkanes) is 9. The highest BCUT2D eigenvalue weighted by atomic mass is 16.5. The van der Waals surface area contributed by atoms with E-state index in [0.717, 1.165) is 12.8 Å². The van der Waals surface area contributed by atoms with Crippen LogP contribution in [0.2, 0.25) is 0 Å². The van der Waals surface area contributed by atoms with Crippen LogP contribution >= 0.6 is 0 Å². The molecule has 0 radical (unpaired) electrons. The SMILES string of the molecule is CCCCCCCCCCCC=CCCC(=O)Oc1ccccc1. The molecule has 2 nitrogen and oxygen atoms in total. The van der Waals surface area contributed by atoms with Crippen LogP contribution in [-0.2, 0) is 4.79 Å². The zero-order valence-electron chi connectivity index (χ0n) is 15.3. The molecular weight excluding hydrogens is 296 g/mol. The van der Waals surface area contributed by atoms with Crippen molar-refractivity contribution in [1.82, 2.24) is 0 Å². The predicted molar refractivity (Wildman–Crippen MR) is 102 cm³/mol. The Labute approximate surface area is 148 Å². The van der Waals surface area contributed by atoms with Crippen molar-refractivity contribution in [3.63, 3.8) is 0 Å². The summed E-state index contributed by atoms with van der Waals surface area (Å²) in [5.41, 5.74) is 0. The zero-order chi connectivity index (χ0) is 17.3. The van der Waals surface area contributed by atoms with Crippen molar-refractivity contribution in [3.8, 4) is 5.75 Å². The van der Waals surface area contributed by atoms with Gasteiger partial charge in [-0.05, 0) is 31.4 Å². The number of ether oxygens (including phenoxy) is 1. The largest absolute Gasteiger partial charge is 0.427 e. The first-order valence-corrected chi connectivity index (χ1v) is 9.73. The molecule has 0 atom stereocenters. The van der Waals surface area contributed by atoms with Crippen LogP contribution < -0.4 is 4.74 Å². The van der Waals surface area contributed by atoms with Crippen LogP contribution in [0.5, 0.6) is 5.75 Å². The molecular formula is C22H34O2. The van der Waals surface area contributed by atoms with Gasteiger partial charge in [0.1, 0.15) is 5.75 Å². The average molecular weight is 331 g/mol. The minimum absolute atomic E-state index is 0.158. The van der Waals surface area contributed by atoms with Crippen molar-refractivity contribution >= 4 is 5.97 Å². The summed E-state index contributed by atoms with van der Waals surface area (Å²) in [6, 6.07) is 9.25. The highest BCUT2D eigenvalue weighted by Gasteiger charge is 2.02. The number of esters is 1. The number of carbonyl (C=O) groups excluding carboxylic acids is 1. The third kappa shape index (κ3) is 11.9. The third-order valence-electron chi connectivity index (χ3n) is 4.13. The summed E-state index contributed by atoms with van der Waals surface area (Å²) in [7, 11) is 0. The molecule has 0 N–H and O–H groups in total. The molecule has 2 heteroatoms. The first kappa shape index (κ1) is 20.5. The van der Waals surface area contributed by atoms with Gasteiger partial charge >= 0.3 is 5.97 Å². The Morgan fingerprint density at radius 3 is 2.08 bits per heavy atom. The fraction of sp³-hybridized carbons (Fsp3) is 0.591. The number of para-hydroxylation sites is 1. The Balaban J connectivity index is 1.88. The second-order valence-electron chi connectivity index (χ2n) is 6.41. The summed E-state index contributed by atoms with van der Waals surface area (Å²) in [5, 5.41) is 0. The second kappa shape index (κ2) is 15.0. The predicted octanol–water partition coefficient (Wildman–Crippen LogP) is 6.85. The Morgan fingerprint density at radius 1 is 0.833 bits per heavy atom. The molecule has 0 heterocycles. The molecule has 0 unspecified atom stereocenters. The Hall–Kier alpha value is -1.57. The maximum absolute atomic E-state index is 11.7. The highest BCUT2D eigenvalue weighted by Crippen LogP contribution is 2.12. The molecule has 0 spiro atoms. The summed E-state index contributed by atoms with van der Waals surface area (Å²) < 4.78 is 5.25. The molecule has 24 heavy (non-hydrogen) atoms. The van der Waals surface area contributed by atoms with E-state index in [0.29, 0.717) is 12.2 Å². The van der Waals surface area contributed by atoms with E-state index >= 15 is 0 Å². The van der Waals surface area contributed by atoms with Crippen molar-refractivity contribution < 1.29 is 9.53 Å². The maximum Gasteiger partial charge on any atom is 0.311 e. The maximum atomic E-state index is 11.7. The molecule has 0 aromatic heterocycles. The first-order chi connectivity index (χ1) is 11.8. The van der Waals surface area contributed by atoms with Gasteiger partial charge in [-0.3, -0.25) is 4.79 Å². The molecule has 0 bridgehead atoms. The van der Waals surface area contributed by atoms with Gasteiger partial charge in [0.15, 0.2) is 0 Å². The molecule has 1 aromatic rings. The summed E-state index contributed by atoms with van der Waals surface area (Å²) in [6.07, 6.45) is 18.9. The van der Waals surface area contributed by atoms with Crippen LogP contribution in [0, 0.1) is 0 Å². The first-order valence-electron chi connectivity index (χ1n) is 9.73. The summed E-state index contributed by atoms with van der Waals surface area (Å²) in [4.78, 5) is 11.7. The van der Waals surface area contributed by atoms with Crippen molar-refractivity contribution in [3.05, 3.63) is 42.5 Å². The van der Waals surface area contributed by atoms with Gasteiger partial charge < -0.3 is 4.74 Å². The van der Waals surface area contributed by atoms with Gasteiger partial charge in [0.25, 0.3) is 0 Å². The van der Waals surface area contributed by atoms with Crippen molar-refractivity contribution in [2.75, 3.05) is 0 Å². The van der Waals surface area contributed by atoms with Crippen LogP contribution in [0.15, 0.2) is 42.5 Å². The number of hydrogen-bond acceptors (Lipinski definition) is 2. The number of allylic oxidation sites excluding steroid dienone is 2. The summed E-state index contributed by atoms with van der Waals surface area (Å²) in [5.74, 6) is 0.468. The molecule has 0 aliphatic rings. The van der Waals surface area contributed by atoms with Gasteiger partial charge in [-0.1, -0.05) is 88.6 Å². The highest BCUT2D eigenvalue weighted by molar-refractivity contribution is 5.72. The minimum atomic E-state index is -0.158. The van der Waals surface area contributed by atoms with E-state index in [-0.39, 0.29) is 5.97 Å². The van der Waals surface area contributed by atoms with Crippen molar-refractivity contribution in [2.45, 2.75) is 84.0 Å². The molecule has 0 aliphatic heterocycles. The standard InChI is InChI=1S/C22H34O2/c1-2-3-4-5-6-7-8-9-10-11-12-13-17-20-22(23)24-21-18-15-14-16-19-21/h12-16,18-19H,2-11,17,20H2,1H3. The third-order valence-corrected chi connectivity index (χ3v) is 4.13. The van der Waals surface area contributed by atoms with E-state index in [1.54, 1.807) is 12.1 Å².